The van der Waals surface area contributed by atoms with Crippen LogP contribution in [-0.2, 0) is 6.42 Å². The zero-order valence-electron chi connectivity index (χ0n) is 25.2. The minimum Gasteiger partial charge on any atom is -0.195 e. The number of hydrogen-bond donors (Lipinski definition) is 0. The molecule has 0 bridgehead atoms. The van der Waals surface area contributed by atoms with E-state index in [4.69, 9.17) is 24.4 Å². The Bertz CT molecular complexity index is 2180. The van der Waals surface area contributed by atoms with Crippen LogP contribution in [0.3, 0.4) is 0 Å². The van der Waals surface area contributed by atoms with E-state index in [0.717, 1.165) is 23.2 Å². The molecule has 0 amide bonds. The number of allylic oxidation sites excluding steroid dienone is 2. The summed E-state index contributed by atoms with van der Waals surface area (Å²) in [5.74, 6) is 2.19. The predicted molar refractivity (Wildman–Crippen MR) is 211 cm³/mol. The summed E-state index contributed by atoms with van der Waals surface area (Å²) in [5.41, 5.74) is 5.81. The van der Waals surface area contributed by atoms with E-state index in [-0.39, 0.29) is 0 Å². The van der Waals surface area contributed by atoms with Gasteiger partial charge < -0.3 is 0 Å². The zero-order chi connectivity index (χ0) is 31.7. The second-order valence-corrected chi connectivity index (χ2v) is 16.8. The molecule has 4 heterocycles. The van der Waals surface area contributed by atoms with E-state index in [1.807, 2.05) is 69.6 Å². The summed E-state index contributed by atoms with van der Waals surface area (Å²) >= 11 is 17.1. The van der Waals surface area contributed by atoms with Gasteiger partial charge in [0.25, 0.3) is 0 Å². The van der Waals surface area contributed by atoms with Crippen molar-refractivity contribution in [2.45, 2.75) is 31.6 Å². The monoisotopic (exact) mass is 716 g/mol. The lowest BCUT2D eigenvalue weighted by Gasteiger charge is -2.08. The molecule has 2 aliphatic carbocycles. The van der Waals surface area contributed by atoms with Crippen LogP contribution in [0.5, 0.6) is 0 Å². The van der Waals surface area contributed by atoms with Crippen LogP contribution in [0.25, 0.3) is 40.4 Å². The van der Waals surface area contributed by atoms with Crippen molar-refractivity contribution in [2.24, 2.45) is 21.8 Å². The van der Waals surface area contributed by atoms with Gasteiger partial charge in [-0.3, -0.25) is 0 Å². The maximum Gasteiger partial charge on any atom is 0.0739 e. The summed E-state index contributed by atoms with van der Waals surface area (Å²) in [6.45, 7) is 0. The van der Waals surface area contributed by atoms with Crippen LogP contribution in [0.2, 0.25) is 0 Å². The zero-order valence-corrected chi connectivity index (χ0v) is 30.1. The third kappa shape index (κ3) is 6.80. The van der Waals surface area contributed by atoms with Gasteiger partial charge in [-0.2, -0.15) is 9.98 Å². The topological polar surface area (TPSA) is 24.7 Å². The highest BCUT2D eigenvalue weighted by molar-refractivity contribution is 7.78. The quantitative estimate of drug-likeness (QED) is 0.0801. The molecule has 6 aromatic rings. The van der Waals surface area contributed by atoms with Gasteiger partial charge in [0, 0.05) is 44.9 Å². The average molecular weight is 717 g/mol. The fourth-order valence-electron chi connectivity index (χ4n) is 6.53. The molecule has 3 atom stereocenters. The van der Waals surface area contributed by atoms with Crippen LogP contribution in [0.15, 0.2) is 119 Å². The number of rotatable bonds is 10. The molecule has 8 heteroatoms. The number of thiocarbonyl (C=S) groups is 2. The van der Waals surface area contributed by atoms with E-state index in [2.05, 4.69) is 99.2 Å². The molecule has 8 rings (SSSR count). The summed E-state index contributed by atoms with van der Waals surface area (Å²) in [4.78, 5) is 19.1. The molecule has 0 N–H and O–H groups in total. The minimum atomic E-state index is 0.629. The Kier molecular flexibility index (Phi) is 8.94. The molecular weight excluding hydrogens is 689 g/mol. The summed E-state index contributed by atoms with van der Waals surface area (Å²) in [6, 6.07) is 34.7. The van der Waals surface area contributed by atoms with Crippen LogP contribution in [-0.4, -0.2) is 10.3 Å². The minimum absolute atomic E-state index is 0.629. The lowest BCUT2D eigenvalue weighted by atomic mass is 10.0. The molecular formula is C39H28N2S6. The number of isothiocyanates is 2. The molecule has 230 valence electrons. The van der Waals surface area contributed by atoms with Crippen LogP contribution in [0, 0.1) is 11.8 Å². The molecule has 2 aromatic carbocycles. The Morgan fingerprint density at radius 3 is 1.74 bits per heavy atom. The number of aliphatic imine (C=N–C) groups is 2. The summed E-state index contributed by atoms with van der Waals surface area (Å²) in [6.07, 6.45) is 7.50. The molecule has 0 saturated heterocycles. The molecule has 2 nitrogen and oxygen atoms in total. The second-order valence-electron chi connectivity index (χ2n) is 12.0. The van der Waals surface area contributed by atoms with Gasteiger partial charge in [-0.25, -0.2) is 0 Å². The van der Waals surface area contributed by atoms with E-state index < -0.39 is 0 Å². The van der Waals surface area contributed by atoms with Gasteiger partial charge in [0.15, 0.2) is 0 Å². The van der Waals surface area contributed by atoms with E-state index in [1.54, 1.807) is 5.57 Å². The molecule has 4 aromatic heterocycles. The highest BCUT2D eigenvalue weighted by atomic mass is 32.1. The van der Waals surface area contributed by atoms with Crippen LogP contribution in [0.4, 0.5) is 11.4 Å². The second kappa shape index (κ2) is 13.6. The third-order valence-electron chi connectivity index (χ3n) is 9.05. The van der Waals surface area contributed by atoms with Gasteiger partial charge in [0.1, 0.15) is 0 Å². The smallest absolute Gasteiger partial charge is 0.0739 e. The van der Waals surface area contributed by atoms with Gasteiger partial charge in [0.05, 0.1) is 21.7 Å². The van der Waals surface area contributed by atoms with Crippen molar-refractivity contribution in [2.75, 3.05) is 0 Å². The highest BCUT2D eigenvalue weighted by Gasteiger charge is 2.41. The third-order valence-corrected chi connectivity index (χ3v) is 14.2. The van der Waals surface area contributed by atoms with Gasteiger partial charge in [-0.05, 0) is 146 Å². The molecule has 0 spiro atoms. The summed E-state index contributed by atoms with van der Waals surface area (Å²) < 4.78 is 0. The molecule has 3 unspecified atom stereocenters. The van der Waals surface area contributed by atoms with E-state index in [1.165, 1.54) is 75.8 Å². The summed E-state index contributed by atoms with van der Waals surface area (Å²) in [5, 5.41) is 4.87. The Morgan fingerprint density at radius 1 is 0.596 bits per heavy atom. The molecule has 47 heavy (non-hydrogen) atoms. The molecule has 0 aliphatic heterocycles. The van der Waals surface area contributed by atoms with Gasteiger partial charge >= 0.3 is 0 Å². The van der Waals surface area contributed by atoms with E-state index >= 15 is 0 Å². The first-order valence-corrected chi connectivity index (χ1v) is 19.7. The Hall–Kier alpha value is -3.42. The van der Waals surface area contributed by atoms with Crippen molar-refractivity contribution in [3.05, 3.63) is 118 Å². The maximum absolute atomic E-state index is 4.72. The van der Waals surface area contributed by atoms with Crippen molar-refractivity contribution < 1.29 is 0 Å². The first-order chi connectivity index (χ1) is 23.1. The standard InChI is InChI=1S/C39H28N2S6/c42-22-40-29-7-3-24(4-8-29)33-13-16-37(45-33)36-12-11-31(44-36)20-28-21-32(28)26-1-2-27(19-26)35-15-18-39(47-35)38-17-14-34(46-38)25-5-9-30(10-6-25)41-23-43/h1,3-18,27-28,32H,2,19-21H2. The summed E-state index contributed by atoms with van der Waals surface area (Å²) in [7, 11) is 0. The van der Waals surface area contributed by atoms with Crippen LogP contribution in [0.1, 0.15) is 34.9 Å². The number of hydrogen-bond acceptors (Lipinski definition) is 8. The van der Waals surface area contributed by atoms with Crippen LogP contribution < -0.4 is 0 Å². The van der Waals surface area contributed by atoms with Crippen molar-refractivity contribution in [3.8, 4) is 40.4 Å². The van der Waals surface area contributed by atoms with E-state index in [0.29, 0.717) is 5.92 Å². The van der Waals surface area contributed by atoms with Crippen molar-refractivity contribution >= 4 is 91.5 Å². The molecule has 1 saturated carbocycles. The Morgan fingerprint density at radius 2 is 1.13 bits per heavy atom. The van der Waals surface area contributed by atoms with Crippen molar-refractivity contribution in [3.63, 3.8) is 0 Å². The SMILES string of the molecule is S=C=Nc1ccc(-c2ccc(-c3ccc(CC4CC4C4=CCC(c5ccc(-c6ccc(-c7ccc(N=C=S)cc7)s6)s5)C4)s3)s2)cc1. The molecule has 1 fully saturated rings. The largest absolute Gasteiger partial charge is 0.195 e. The lowest BCUT2D eigenvalue weighted by molar-refractivity contribution is 0.704. The van der Waals surface area contributed by atoms with Gasteiger partial charge in [-0.15, -0.1) is 45.3 Å². The Labute approximate surface area is 301 Å². The van der Waals surface area contributed by atoms with Crippen molar-refractivity contribution in [1.29, 1.82) is 0 Å². The maximum atomic E-state index is 4.72. The molecule has 0 radical (unpaired) electrons. The number of nitrogens with zero attached hydrogens (tertiary/aromatic N) is 2. The average Bonchev–Trinajstić information content (AvgIpc) is 3.79. The predicted octanol–water partition coefficient (Wildman–Crippen LogP) is 13.8. The number of benzene rings is 2. The fourth-order valence-corrected chi connectivity index (χ4v) is 11.2. The van der Waals surface area contributed by atoms with Crippen molar-refractivity contribution in [1.82, 2.24) is 0 Å². The highest BCUT2D eigenvalue weighted by Crippen LogP contribution is 2.53. The number of thiophene rings is 4. The Balaban J connectivity index is 0.856. The molecule has 2 aliphatic rings. The first-order valence-electron chi connectivity index (χ1n) is 15.6. The van der Waals surface area contributed by atoms with Crippen LogP contribution >= 0.6 is 69.8 Å². The normalized spacial score (nSPS) is 18.4. The van der Waals surface area contributed by atoms with E-state index in [9.17, 15) is 0 Å². The van der Waals surface area contributed by atoms with Gasteiger partial charge in [-0.1, -0.05) is 35.9 Å². The lowest BCUT2D eigenvalue weighted by Crippen LogP contribution is -1.93. The van der Waals surface area contributed by atoms with Gasteiger partial charge in [0.2, 0.25) is 0 Å². The fraction of sp³-hybridized carbons (Fsp3) is 0.179. The first kappa shape index (κ1) is 30.9.